The van der Waals surface area contributed by atoms with Crippen molar-refractivity contribution in [3.05, 3.63) is 29.7 Å². The summed E-state index contributed by atoms with van der Waals surface area (Å²) in [5.74, 6) is 2.05. The minimum absolute atomic E-state index is 0.205. The van der Waals surface area contributed by atoms with Crippen LogP contribution in [0.5, 0.6) is 11.5 Å². The summed E-state index contributed by atoms with van der Waals surface area (Å²) in [4.78, 5) is 19.7. The molecule has 0 aliphatic rings. The smallest absolute Gasteiger partial charge is 0.274 e. The average molecular weight is 329 g/mol. The second-order valence-corrected chi connectivity index (χ2v) is 5.63. The molecule has 8 heteroatoms. The van der Waals surface area contributed by atoms with Gasteiger partial charge in [-0.2, -0.15) is 4.98 Å². The highest BCUT2D eigenvalue weighted by molar-refractivity contribution is 6.05. The number of anilines is 1. The molecule has 24 heavy (non-hydrogen) atoms. The molecule has 2 heterocycles. The van der Waals surface area contributed by atoms with E-state index in [4.69, 9.17) is 9.47 Å². The molecule has 0 saturated carbocycles. The summed E-state index contributed by atoms with van der Waals surface area (Å²) in [6, 6.07) is 5.34. The molecule has 0 saturated heterocycles. The molecule has 2 aromatic heterocycles. The number of carbonyl (C=O) groups excluding carboxylic acids is 1. The van der Waals surface area contributed by atoms with Crippen LogP contribution in [0.3, 0.4) is 0 Å². The van der Waals surface area contributed by atoms with Crippen LogP contribution in [0.1, 0.15) is 36.1 Å². The number of ether oxygens (including phenoxy) is 2. The molecule has 3 aromatic rings. The number of H-pyrrole nitrogens is 2. The van der Waals surface area contributed by atoms with E-state index in [0.717, 1.165) is 16.7 Å². The van der Waals surface area contributed by atoms with Crippen LogP contribution in [0.4, 0.5) is 5.95 Å². The molecule has 0 spiro atoms. The van der Waals surface area contributed by atoms with Crippen molar-refractivity contribution in [2.24, 2.45) is 0 Å². The van der Waals surface area contributed by atoms with Gasteiger partial charge in [0.05, 0.1) is 14.2 Å². The number of amides is 1. The lowest BCUT2D eigenvalue weighted by molar-refractivity contribution is 0.102. The van der Waals surface area contributed by atoms with E-state index in [-0.39, 0.29) is 17.8 Å². The minimum Gasteiger partial charge on any atom is -0.493 e. The van der Waals surface area contributed by atoms with Crippen LogP contribution >= 0.6 is 0 Å². The highest BCUT2D eigenvalue weighted by Gasteiger charge is 2.15. The second kappa shape index (κ2) is 6.23. The first-order valence-electron chi connectivity index (χ1n) is 7.50. The zero-order valence-electron chi connectivity index (χ0n) is 13.9. The lowest BCUT2D eigenvalue weighted by Gasteiger charge is -2.06. The number of nitrogens with zero attached hydrogens (tertiary/aromatic N) is 2. The molecule has 0 radical (unpaired) electrons. The van der Waals surface area contributed by atoms with Crippen molar-refractivity contribution in [3.63, 3.8) is 0 Å². The van der Waals surface area contributed by atoms with Gasteiger partial charge >= 0.3 is 0 Å². The summed E-state index contributed by atoms with van der Waals surface area (Å²) in [6.45, 7) is 3.98. The Balaban J connectivity index is 1.86. The third kappa shape index (κ3) is 2.90. The summed E-state index contributed by atoms with van der Waals surface area (Å²) in [6.07, 6.45) is 0. The molecule has 1 amide bonds. The number of nitrogens with one attached hydrogen (secondary N) is 3. The van der Waals surface area contributed by atoms with Gasteiger partial charge in [-0.15, -0.1) is 5.10 Å². The van der Waals surface area contributed by atoms with E-state index in [0.29, 0.717) is 17.2 Å². The van der Waals surface area contributed by atoms with Gasteiger partial charge in [-0.1, -0.05) is 13.8 Å². The Bertz CT molecular complexity index is 840. The largest absolute Gasteiger partial charge is 0.493 e. The minimum atomic E-state index is -0.321. The second-order valence-electron chi connectivity index (χ2n) is 5.63. The standard InChI is InChI=1S/C16H19N5O3/c1-8(2)14-18-16(21-20-14)19-15(22)11-5-9-6-12(23-3)13(24-4)7-10(9)17-11/h5-8,17H,1-4H3,(H2,18,19,20,21,22). The number of fused-ring (bicyclic) bond motifs is 1. The zero-order chi connectivity index (χ0) is 17.3. The number of benzene rings is 1. The molecular weight excluding hydrogens is 310 g/mol. The average Bonchev–Trinajstić information content (AvgIpc) is 3.19. The third-order valence-electron chi connectivity index (χ3n) is 3.64. The monoisotopic (exact) mass is 329 g/mol. The van der Waals surface area contributed by atoms with Crippen molar-refractivity contribution in [2.75, 3.05) is 19.5 Å². The Hall–Kier alpha value is -3.03. The van der Waals surface area contributed by atoms with Gasteiger partial charge < -0.3 is 14.5 Å². The van der Waals surface area contributed by atoms with Crippen LogP contribution in [0.25, 0.3) is 10.9 Å². The Morgan fingerprint density at radius 3 is 2.50 bits per heavy atom. The lowest BCUT2D eigenvalue weighted by atomic mass is 10.2. The van der Waals surface area contributed by atoms with Crippen molar-refractivity contribution >= 4 is 22.8 Å². The summed E-state index contributed by atoms with van der Waals surface area (Å²) < 4.78 is 10.5. The van der Waals surface area contributed by atoms with E-state index in [1.807, 2.05) is 19.9 Å². The molecule has 3 rings (SSSR count). The number of aromatic amines is 2. The van der Waals surface area contributed by atoms with Crippen LogP contribution in [0.2, 0.25) is 0 Å². The maximum atomic E-state index is 12.4. The van der Waals surface area contributed by atoms with Gasteiger partial charge in [0.25, 0.3) is 5.91 Å². The van der Waals surface area contributed by atoms with Gasteiger partial charge in [0.1, 0.15) is 11.5 Å². The Morgan fingerprint density at radius 2 is 1.88 bits per heavy atom. The first-order chi connectivity index (χ1) is 11.5. The zero-order valence-corrected chi connectivity index (χ0v) is 13.9. The van der Waals surface area contributed by atoms with Crippen molar-refractivity contribution in [2.45, 2.75) is 19.8 Å². The van der Waals surface area contributed by atoms with Crippen molar-refractivity contribution in [1.29, 1.82) is 0 Å². The summed E-state index contributed by atoms with van der Waals surface area (Å²) in [5.41, 5.74) is 1.17. The molecule has 0 unspecified atom stereocenters. The molecule has 1 aromatic carbocycles. The van der Waals surface area contributed by atoms with Crippen molar-refractivity contribution in [3.8, 4) is 11.5 Å². The number of hydrogen-bond donors (Lipinski definition) is 3. The highest BCUT2D eigenvalue weighted by Crippen LogP contribution is 2.32. The van der Waals surface area contributed by atoms with E-state index in [2.05, 4.69) is 25.5 Å². The molecule has 0 aliphatic carbocycles. The molecular formula is C16H19N5O3. The Kier molecular flexibility index (Phi) is 4.11. The Labute approximate surface area is 138 Å². The van der Waals surface area contributed by atoms with E-state index in [1.165, 1.54) is 0 Å². The molecule has 0 aliphatic heterocycles. The Morgan fingerprint density at radius 1 is 1.17 bits per heavy atom. The van der Waals surface area contributed by atoms with E-state index in [1.54, 1.807) is 26.4 Å². The third-order valence-corrected chi connectivity index (χ3v) is 3.64. The van der Waals surface area contributed by atoms with Crippen LogP contribution in [-0.4, -0.2) is 40.3 Å². The first kappa shape index (κ1) is 15.9. The van der Waals surface area contributed by atoms with Gasteiger partial charge in [0.2, 0.25) is 5.95 Å². The molecule has 126 valence electrons. The summed E-state index contributed by atoms with van der Waals surface area (Å²) in [7, 11) is 3.13. The predicted molar refractivity (Wildman–Crippen MR) is 89.8 cm³/mol. The maximum Gasteiger partial charge on any atom is 0.274 e. The van der Waals surface area contributed by atoms with E-state index < -0.39 is 0 Å². The number of rotatable bonds is 5. The topological polar surface area (TPSA) is 105 Å². The molecule has 0 fully saturated rings. The van der Waals surface area contributed by atoms with Crippen LogP contribution < -0.4 is 14.8 Å². The molecule has 3 N–H and O–H groups in total. The van der Waals surface area contributed by atoms with Crippen LogP contribution in [0.15, 0.2) is 18.2 Å². The molecule has 0 bridgehead atoms. The summed E-state index contributed by atoms with van der Waals surface area (Å²) >= 11 is 0. The van der Waals surface area contributed by atoms with Gasteiger partial charge in [-0.05, 0) is 12.1 Å². The van der Waals surface area contributed by atoms with Crippen molar-refractivity contribution < 1.29 is 14.3 Å². The van der Waals surface area contributed by atoms with Gasteiger partial charge in [-0.3, -0.25) is 15.2 Å². The normalized spacial score (nSPS) is 11.0. The van der Waals surface area contributed by atoms with E-state index in [9.17, 15) is 4.79 Å². The first-order valence-corrected chi connectivity index (χ1v) is 7.50. The summed E-state index contributed by atoms with van der Waals surface area (Å²) in [5, 5.41) is 10.3. The van der Waals surface area contributed by atoms with E-state index >= 15 is 0 Å². The molecule has 8 nitrogen and oxygen atoms in total. The predicted octanol–water partition coefficient (Wildman–Crippen LogP) is 2.68. The highest BCUT2D eigenvalue weighted by atomic mass is 16.5. The molecule has 0 atom stereocenters. The SMILES string of the molecule is COc1cc2cc(C(=O)Nc3n[nH]c(C(C)C)n3)[nH]c2cc1OC. The quantitative estimate of drug-likeness (QED) is 0.667. The fourth-order valence-corrected chi connectivity index (χ4v) is 2.34. The lowest BCUT2D eigenvalue weighted by Crippen LogP contribution is -2.13. The van der Waals surface area contributed by atoms with Gasteiger partial charge in [0.15, 0.2) is 11.5 Å². The van der Waals surface area contributed by atoms with Crippen LogP contribution in [0, 0.1) is 0 Å². The number of carbonyl (C=O) groups is 1. The maximum absolute atomic E-state index is 12.4. The van der Waals surface area contributed by atoms with Crippen molar-refractivity contribution in [1.82, 2.24) is 20.2 Å². The number of aromatic nitrogens is 4. The fourth-order valence-electron chi connectivity index (χ4n) is 2.34. The van der Waals surface area contributed by atoms with Crippen LogP contribution in [-0.2, 0) is 0 Å². The number of hydrogen-bond acceptors (Lipinski definition) is 5. The fraction of sp³-hybridized carbons (Fsp3) is 0.312. The van der Waals surface area contributed by atoms with Gasteiger partial charge in [-0.25, -0.2) is 0 Å². The van der Waals surface area contributed by atoms with Gasteiger partial charge in [0, 0.05) is 22.9 Å². The number of methoxy groups -OCH3 is 2.